The van der Waals surface area contributed by atoms with Gasteiger partial charge in [-0.05, 0) is 57.9 Å². The van der Waals surface area contributed by atoms with E-state index in [2.05, 4.69) is 0 Å². The fraction of sp³-hybridized carbons (Fsp3) is 0.929. The molecule has 1 aliphatic carbocycles. The molecule has 3 atom stereocenters. The number of amides is 1. The van der Waals surface area contributed by atoms with Crippen LogP contribution < -0.4 is 5.73 Å². The van der Waals surface area contributed by atoms with Crippen LogP contribution in [0.15, 0.2) is 0 Å². The lowest BCUT2D eigenvalue weighted by Crippen LogP contribution is -2.36. The quantitative estimate of drug-likeness (QED) is 0.780. The van der Waals surface area contributed by atoms with Crippen molar-refractivity contribution in [3.8, 4) is 0 Å². The first kappa shape index (κ1) is 13.7. The predicted octanol–water partition coefficient (Wildman–Crippen LogP) is 2.23. The van der Waals surface area contributed by atoms with E-state index in [0.29, 0.717) is 17.8 Å². The molecule has 1 saturated carbocycles. The van der Waals surface area contributed by atoms with Crippen LogP contribution in [0.5, 0.6) is 0 Å². The summed E-state index contributed by atoms with van der Waals surface area (Å²) in [6.45, 7) is 8.19. The summed E-state index contributed by atoms with van der Waals surface area (Å²) in [4.78, 5) is 14.0. The molecule has 2 fully saturated rings. The Hall–Kier alpha value is -0.770. The maximum absolute atomic E-state index is 12.1. The summed E-state index contributed by atoms with van der Waals surface area (Å²) in [6.07, 6.45) is 3.55. The normalized spacial score (nSPS) is 32.2. The molecule has 4 nitrogen and oxygen atoms in total. The standard InChI is InChI=1S/C14H26N2O2/c1-14(2,3)18-13(17)16-8-11-6-4-5-10(7-15)12(11)9-16/h10-12H,4-9,15H2,1-3H3/t10-,11-,12-/m1/s1. The average Bonchev–Trinajstić information content (AvgIpc) is 2.70. The number of fused-ring (bicyclic) bond motifs is 1. The smallest absolute Gasteiger partial charge is 0.410 e. The Labute approximate surface area is 110 Å². The molecule has 4 heteroatoms. The summed E-state index contributed by atoms with van der Waals surface area (Å²) in [7, 11) is 0. The Morgan fingerprint density at radius 3 is 2.67 bits per heavy atom. The minimum atomic E-state index is -0.405. The number of nitrogens with two attached hydrogens (primary N) is 1. The molecule has 0 aromatic heterocycles. The van der Waals surface area contributed by atoms with Gasteiger partial charge in [-0.1, -0.05) is 6.42 Å². The topological polar surface area (TPSA) is 55.6 Å². The summed E-state index contributed by atoms with van der Waals surface area (Å²) in [5, 5.41) is 0. The first-order valence-electron chi connectivity index (χ1n) is 7.08. The van der Waals surface area contributed by atoms with Crippen molar-refractivity contribution in [3.63, 3.8) is 0 Å². The molecule has 0 bridgehead atoms. The highest BCUT2D eigenvalue weighted by Gasteiger charge is 2.42. The van der Waals surface area contributed by atoms with E-state index in [-0.39, 0.29) is 6.09 Å². The van der Waals surface area contributed by atoms with E-state index < -0.39 is 5.60 Å². The van der Waals surface area contributed by atoms with Crippen LogP contribution in [0, 0.1) is 17.8 Å². The van der Waals surface area contributed by atoms with Gasteiger partial charge in [0.15, 0.2) is 0 Å². The molecule has 104 valence electrons. The number of likely N-dealkylation sites (tertiary alicyclic amines) is 1. The molecule has 0 unspecified atom stereocenters. The van der Waals surface area contributed by atoms with Crippen LogP contribution in [0.25, 0.3) is 0 Å². The zero-order valence-corrected chi connectivity index (χ0v) is 11.8. The Kier molecular flexibility index (Phi) is 3.85. The third-order valence-electron chi connectivity index (χ3n) is 4.20. The molecule has 1 heterocycles. The number of hydrogen-bond acceptors (Lipinski definition) is 3. The van der Waals surface area contributed by atoms with Gasteiger partial charge in [0.25, 0.3) is 0 Å². The lowest BCUT2D eigenvalue weighted by atomic mass is 9.74. The zero-order chi connectivity index (χ0) is 13.3. The van der Waals surface area contributed by atoms with E-state index >= 15 is 0 Å². The summed E-state index contributed by atoms with van der Waals surface area (Å²) < 4.78 is 5.45. The number of hydrogen-bond donors (Lipinski definition) is 1. The largest absolute Gasteiger partial charge is 0.444 e. The van der Waals surface area contributed by atoms with Crippen molar-refractivity contribution in [1.29, 1.82) is 0 Å². The van der Waals surface area contributed by atoms with Crippen molar-refractivity contribution >= 4 is 6.09 Å². The van der Waals surface area contributed by atoms with Gasteiger partial charge in [0.1, 0.15) is 5.60 Å². The van der Waals surface area contributed by atoms with E-state index in [1.54, 1.807) is 0 Å². The highest BCUT2D eigenvalue weighted by molar-refractivity contribution is 5.68. The Morgan fingerprint density at radius 1 is 1.33 bits per heavy atom. The van der Waals surface area contributed by atoms with Crippen LogP contribution in [0.4, 0.5) is 4.79 Å². The number of carbonyl (C=O) groups excluding carboxylic acids is 1. The van der Waals surface area contributed by atoms with Crippen LogP contribution in [0.1, 0.15) is 40.0 Å². The van der Waals surface area contributed by atoms with Crippen molar-refractivity contribution in [1.82, 2.24) is 4.90 Å². The molecule has 1 aliphatic heterocycles. The molecular weight excluding hydrogens is 228 g/mol. The van der Waals surface area contributed by atoms with Crippen LogP contribution in [0.2, 0.25) is 0 Å². The van der Waals surface area contributed by atoms with Gasteiger partial charge in [-0.2, -0.15) is 0 Å². The fourth-order valence-corrected chi connectivity index (χ4v) is 3.36. The van der Waals surface area contributed by atoms with Gasteiger partial charge in [0, 0.05) is 13.1 Å². The average molecular weight is 254 g/mol. The predicted molar refractivity (Wildman–Crippen MR) is 71.2 cm³/mol. The van der Waals surface area contributed by atoms with Gasteiger partial charge in [-0.3, -0.25) is 0 Å². The van der Waals surface area contributed by atoms with Crippen molar-refractivity contribution in [3.05, 3.63) is 0 Å². The molecule has 1 amide bonds. The maximum atomic E-state index is 12.1. The molecule has 2 N–H and O–H groups in total. The summed E-state index contributed by atoms with van der Waals surface area (Å²) in [6, 6.07) is 0. The second-order valence-electron chi connectivity index (χ2n) is 6.74. The second kappa shape index (κ2) is 5.08. The third kappa shape index (κ3) is 2.97. The van der Waals surface area contributed by atoms with Gasteiger partial charge in [-0.15, -0.1) is 0 Å². The molecule has 0 radical (unpaired) electrons. The number of ether oxygens (including phenoxy) is 1. The number of rotatable bonds is 1. The molecule has 2 rings (SSSR count). The lowest BCUT2D eigenvalue weighted by Gasteiger charge is -2.31. The van der Waals surface area contributed by atoms with Crippen LogP contribution in [0.3, 0.4) is 0 Å². The van der Waals surface area contributed by atoms with Crippen molar-refractivity contribution in [2.24, 2.45) is 23.5 Å². The van der Waals surface area contributed by atoms with Gasteiger partial charge >= 0.3 is 6.09 Å². The number of nitrogens with zero attached hydrogens (tertiary/aromatic N) is 1. The van der Waals surface area contributed by atoms with E-state index in [1.165, 1.54) is 19.3 Å². The monoisotopic (exact) mass is 254 g/mol. The summed E-state index contributed by atoms with van der Waals surface area (Å²) in [5.41, 5.74) is 5.44. The number of carbonyl (C=O) groups is 1. The van der Waals surface area contributed by atoms with Crippen molar-refractivity contribution < 1.29 is 9.53 Å². The first-order chi connectivity index (χ1) is 8.40. The van der Waals surface area contributed by atoms with E-state index in [1.807, 2.05) is 25.7 Å². The Morgan fingerprint density at radius 2 is 2.06 bits per heavy atom. The van der Waals surface area contributed by atoms with Crippen LogP contribution >= 0.6 is 0 Å². The zero-order valence-electron chi connectivity index (χ0n) is 11.8. The third-order valence-corrected chi connectivity index (χ3v) is 4.20. The molecular formula is C14H26N2O2. The minimum Gasteiger partial charge on any atom is -0.444 e. The lowest BCUT2D eigenvalue weighted by molar-refractivity contribution is 0.0282. The minimum absolute atomic E-state index is 0.160. The van der Waals surface area contributed by atoms with E-state index in [0.717, 1.165) is 19.6 Å². The summed E-state index contributed by atoms with van der Waals surface area (Å²) >= 11 is 0. The summed E-state index contributed by atoms with van der Waals surface area (Å²) in [5.74, 6) is 1.83. The van der Waals surface area contributed by atoms with Crippen molar-refractivity contribution in [2.75, 3.05) is 19.6 Å². The van der Waals surface area contributed by atoms with E-state index in [9.17, 15) is 4.79 Å². The van der Waals surface area contributed by atoms with Crippen LogP contribution in [-0.4, -0.2) is 36.2 Å². The maximum Gasteiger partial charge on any atom is 0.410 e. The molecule has 0 spiro atoms. The van der Waals surface area contributed by atoms with E-state index in [4.69, 9.17) is 10.5 Å². The molecule has 0 aromatic rings. The van der Waals surface area contributed by atoms with Gasteiger partial charge in [0.2, 0.25) is 0 Å². The van der Waals surface area contributed by atoms with Gasteiger partial charge < -0.3 is 15.4 Å². The Bertz CT molecular complexity index is 311. The SMILES string of the molecule is CC(C)(C)OC(=O)N1C[C@H]2CCC[C@H](CN)[C@H]2C1. The highest BCUT2D eigenvalue weighted by Crippen LogP contribution is 2.39. The first-order valence-corrected chi connectivity index (χ1v) is 7.08. The Balaban J connectivity index is 1.96. The second-order valence-corrected chi connectivity index (χ2v) is 6.74. The van der Waals surface area contributed by atoms with Gasteiger partial charge in [-0.25, -0.2) is 4.79 Å². The molecule has 1 saturated heterocycles. The fourth-order valence-electron chi connectivity index (χ4n) is 3.36. The van der Waals surface area contributed by atoms with Crippen LogP contribution in [-0.2, 0) is 4.74 Å². The molecule has 0 aromatic carbocycles. The molecule has 2 aliphatic rings. The molecule has 18 heavy (non-hydrogen) atoms. The van der Waals surface area contributed by atoms with Crippen molar-refractivity contribution in [2.45, 2.75) is 45.6 Å². The van der Waals surface area contributed by atoms with Gasteiger partial charge in [0.05, 0.1) is 0 Å². The highest BCUT2D eigenvalue weighted by atomic mass is 16.6.